The van der Waals surface area contributed by atoms with Crippen molar-refractivity contribution in [2.24, 2.45) is 5.92 Å². The lowest BCUT2D eigenvalue weighted by molar-refractivity contribution is 0.0681. The van der Waals surface area contributed by atoms with Gasteiger partial charge in [0.05, 0.1) is 11.1 Å². The number of hydrogen-bond donors (Lipinski definition) is 2. The molecule has 2 N–H and O–H groups in total. The molecule has 0 heterocycles. The SMILES string of the molecule is CCCCCCCC(C)C.O=C(O)c1ccc(C(=O)O)cc1. The van der Waals surface area contributed by atoms with Crippen LogP contribution in [0.15, 0.2) is 24.3 Å². The third-order valence-electron chi connectivity index (χ3n) is 3.26. The molecule has 0 amide bonds. The van der Waals surface area contributed by atoms with Gasteiger partial charge in [0.1, 0.15) is 0 Å². The molecule has 1 rings (SSSR count). The average molecular weight is 308 g/mol. The monoisotopic (exact) mass is 308 g/mol. The summed E-state index contributed by atoms with van der Waals surface area (Å²) >= 11 is 0. The highest BCUT2D eigenvalue weighted by atomic mass is 16.4. The number of carbonyl (C=O) groups is 2. The summed E-state index contributed by atoms with van der Waals surface area (Å²) < 4.78 is 0. The van der Waals surface area contributed by atoms with E-state index in [1.807, 2.05) is 0 Å². The van der Waals surface area contributed by atoms with Gasteiger partial charge in [0.25, 0.3) is 0 Å². The van der Waals surface area contributed by atoms with Crippen molar-refractivity contribution >= 4 is 11.9 Å². The Kier molecular flexibility index (Phi) is 10.8. The van der Waals surface area contributed by atoms with E-state index in [-0.39, 0.29) is 11.1 Å². The number of hydrogen-bond acceptors (Lipinski definition) is 2. The third-order valence-corrected chi connectivity index (χ3v) is 3.26. The van der Waals surface area contributed by atoms with E-state index in [9.17, 15) is 9.59 Å². The van der Waals surface area contributed by atoms with Crippen molar-refractivity contribution in [3.8, 4) is 0 Å². The van der Waals surface area contributed by atoms with E-state index >= 15 is 0 Å². The molecular formula is C18H28O4. The third kappa shape index (κ3) is 9.97. The van der Waals surface area contributed by atoms with E-state index in [1.54, 1.807) is 0 Å². The summed E-state index contributed by atoms with van der Waals surface area (Å²) in [7, 11) is 0. The quantitative estimate of drug-likeness (QED) is 0.656. The maximum atomic E-state index is 10.3. The van der Waals surface area contributed by atoms with Crippen molar-refractivity contribution in [3.05, 3.63) is 35.4 Å². The number of rotatable bonds is 8. The van der Waals surface area contributed by atoms with Crippen LogP contribution in [0.4, 0.5) is 0 Å². The minimum atomic E-state index is -1.06. The molecule has 0 saturated heterocycles. The van der Waals surface area contributed by atoms with Gasteiger partial charge in [0.2, 0.25) is 0 Å². The zero-order valence-electron chi connectivity index (χ0n) is 13.8. The fourth-order valence-electron chi connectivity index (χ4n) is 1.91. The van der Waals surface area contributed by atoms with Gasteiger partial charge >= 0.3 is 11.9 Å². The van der Waals surface area contributed by atoms with Crippen molar-refractivity contribution in [2.75, 3.05) is 0 Å². The van der Waals surface area contributed by atoms with Gasteiger partial charge in [-0.05, 0) is 30.2 Å². The van der Waals surface area contributed by atoms with E-state index in [0.717, 1.165) is 5.92 Å². The molecule has 0 unspecified atom stereocenters. The van der Waals surface area contributed by atoms with Crippen LogP contribution in [0.2, 0.25) is 0 Å². The van der Waals surface area contributed by atoms with Crippen LogP contribution in [0.25, 0.3) is 0 Å². The van der Waals surface area contributed by atoms with Gasteiger partial charge in [0, 0.05) is 0 Å². The summed E-state index contributed by atoms with van der Waals surface area (Å²) in [6.07, 6.45) is 8.55. The summed E-state index contributed by atoms with van der Waals surface area (Å²) in [6, 6.07) is 5.02. The van der Waals surface area contributed by atoms with E-state index < -0.39 is 11.9 Å². The summed E-state index contributed by atoms with van der Waals surface area (Å²) in [5.41, 5.74) is 0.167. The van der Waals surface area contributed by atoms with Crippen molar-refractivity contribution in [2.45, 2.75) is 59.3 Å². The Hall–Kier alpha value is -1.84. The fraction of sp³-hybridized carbons (Fsp3) is 0.556. The Balaban J connectivity index is 0.000000409. The van der Waals surface area contributed by atoms with E-state index in [0.29, 0.717) is 0 Å². The molecule has 0 aliphatic heterocycles. The molecular weight excluding hydrogens is 280 g/mol. The van der Waals surface area contributed by atoms with E-state index in [1.165, 1.54) is 62.8 Å². The van der Waals surface area contributed by atoms with Gasteiger partial charge in [-0.2, -0.15) is 0 Å². The highest BCUT2D eigenvalue weighted by Crippen LogP contribution is 2.09. The summed E-state index contributed by atoms with van der Waals surface area (Å²) in [4.78, 5) is 20.7. The molecule has 4 heteroatoms. The Labute approximate surface area is 133 Å². The van der Waals surface area contributed by atoms with Crippen molar-refractivity contribution in [1.82, 2.24) is 0 Å². The fourth-order valence-corrected chi connectivity index (χ4v) is 1.91. The predicted octanol–water partition coefficient (Wildman–Crippen LogP) is 5.09. The van der Waals surface area contributed by atoms with Gasteiger partial charge in [-0.25, -0.2) is 9.59 Å². The second-order valence-corrected chi connectivity index (χ2v) is 5.78. The van der Waals surface area contributed by atoms with E-state index in [2.05, 4.69) is 20.8 Å². The second kappa shape index (κ2) is 11.8. The topological polar surface area (TPSA) is 74.6 Å². The maximum absolute atomic E-state index is 10.3. The van der Waals surface area contributed by atoms with Crippen LogP contribution >= 0.6 is 0 Å². The molecule has 0 aliphatic rings. The molecule has 124 valence electrons. The van der Waals surface area contributed by atoms with Gasteiger partial charge < -0.3 is 10.2 Å². The minimum absolute atomic E-state index is 0.0833. The first-order valence-electron chi connectivity index (χ1n) is 7.95. The van der Waals surface area contributed by atoms with Crippen molar-refractivity contribution in [1.29, 1.82) is 0 Å². The van der Waals surface area contributed by atoms with Crippen LogP contribution in [-0.2, 0) is 0 Å². The molecule has 22 heavy (non-hydrogen) atoms. The lowest BCUT2D eigenvalue weighted by atomic mass is 10.0. The van der Waals surface area contributed by atoms with Crippen LogP contribution in [0.3, 0.4) is 0 Å². The molecule has 4 nitrogen and oxygen atoms in total. The first-order chi connectivity index (χ1) is 10.4. The Morgan fingerprint density at radius 2 is 1.27 bits per heavy atom. The van der Waals surface area contributed by atoms with Gasteiger partial charge in [0.15, 0.2) is 0 Å². The summed E-state index contributed by atoms with van der Waals surface area (Å²) in [5, 5.41) is 16.9. The number of carboxylic acids is 2. The number of aromatic carboxylic acids is 2. The highest BCUT2D eigenvalue weighted by Gasteiger charge is 2.04. The normalized spacial score (nSPS) is 10.0. The summed E-state index contributed by atoms with van der Waals surface area (Å²) in [6.45, 7) is 6.88. The molecule has 0 atom stereocenters. The lowest BCUT2D eigenvalue weighted by Crippen LogP contribution is -1.99. The van der Waals surface area contributed by atoms with Gasteiger partial charge in [-0.1, -0.05) is 59.3 Å². The largest absolute Gasteiger partial charge is 0.478 e. The number of benzene rings is 1. The van der Waals surface area contributed by atoms with Crippen LogP contribution in [-0.4, -0.2) is 22.2 Å². The maximum Gasteiger partial charge on any atom is 0.335 e. The molecule has 0 spiro atoms. The van der Waals surface area contributed by atoms with Crippen LogP contribution in [0, 0.1) is 5.92 Å². The second-order valence-electron chi connectivity index (χ2n) is 5.78. The molecule has 0 aromatic heterocycles. The average Bonchev–Trinajstić information content (AvgIpc) is 2.47. The smallest absolute Gasteiger partial charge is 0.335 e. The van der Waals surface area contributed by atoms with Crippen LogP contribution in [0.5, 0.6) is 0 Å². The van der Waals surface area contributed by atoms with Crippen LogP contribution < -0.4 is 0 Å². The van der Waals surface area contributed by atoms with Gasteiger partial charge in [-0.3, -0.25) is 0 Å². The highest BCUT2D eigenvalue weighted by molar-refractivity contribution is 5.91. The van der Waals surface area contributed by atoms with Crippen molar-refractivity contribution in [3.63, 3.8) is 0 Å². The summed E-state index contributed by atoms with van der Waals surface area (Å²) in [5.74, 6) is -1.22. The first kappa shape index (κ1) is 20.2. The molecule has 0 radical (unpaired) electrons. The minimum Gasteiger partial charge on any atom is -0.478 e. The zero-order valence-corrected chi connectivity index (χ0v) is 13.8. The Bertz CT molecular complexity index is 402. The van der Waals surface area contributed by atoms with E-state index in [4.69, 9.17) is 10.2 Å². The Morgan fingerprint density at radius 3 is 1.59 bits per heavy atom. The number of unbranched alkanes of at least 4 members (excludes halogenated alkanes) is 4. The lowest BCUT2D eigenvalue weighted by Gasteiger charge is -2.02. The molecule has 0 fully saturated rings. The Morgan fingerprint density at radius 1 is 0.864 bits per heavy atom. The van der Waals surface area contributed by atoms with Crippen molar-refractivity contribution < 1.29 is 19.8 Å². The molecule has 0 bridgehead atoms. The molecule has 0 aliphatic carbocycles. The van der Waals surface area contributed by atoms with Gasteiger partial charge in [-0.15, -0.1) is 0 Å². The predicted molar refractivity (Wildman–Crippen MR) is 88.6 cm³/mol. The number of carboxylic acid groups (broad SMARTS) is 2. The molecule has 0 saturated carbocycles. The molecule has 1 aromatic rings. The molecule has 1 aromatic carbocycles. The van der Waals surface area contributed by atoms with Crippen LogP contribution in [0.1, 0.15) is 80.0 Å². The zero-order chi connectivity index (χ0) is 17.0. The first-order valence-corrected chi connectivity index (χ1v) is 7.95. The standard InChI is InChI=1S/C10H22.C8H6O4/c1-4-5-6-7-8-9-10(2)3;9-7(10)5-1-2-6(4-3-5)8(11)12/h10H,4-9H2,1-3H3;1-4H,(H,9,10)(H,11,12).